The summed E-state index contributed by atoms with van der Waals surface area (Å²) in [4.78, 5) is 10.9. The number of hydrogen-bond donors (Lipinski definition) is 2. The van der Waals surface area contributed by atoms with Crippen LogP contribution in [0.1, 0.15) is 12.0 Å². The highest BCUT2D eigenvalue weighted by Crippen LogP contribution is 2.37. The van der Waals surface area contributed by atoms with E-state index in [2.05, 4.69) is 5.32 Å². The fourth-order valence-corrected chi connectivity index (χ4v) is 2.28. The molecule has 1 heterocycles. The lowest BCUT2D eigenvalue weighted by molar-refractivity contribution is -0.131. The molecule has 0 bridgehead atoms. The minimum absolute atomic E-state index is 0.168. The quantitative estimate of drug-likeness (QED) is 0.457. The maximum atomic E-state index is 10.9. The number of carboxylic acids is 1. The molecule has 0 radical (unpaired) electrons. The average Bonchev–Trinajstić information content (AvgIpc) is 2.85. The van der Waals surface area contributed by atoms with Gasteiger partial charge in [0.15, 0.2) is 11.5 Å². The Morgan fingerprint density at radius 3 is 2.76 bits per heavy atom. The van der Waals surface area contributed by atoms with Crippen LogP contribution in [0.3, 0.4) is 0 Å². The lowest BCUT2D eigenvalue weighted by atomic mass is 10.1. The van der Waals surface area contributed by atoms with Crippen molar-refractivity contribution in [1.82, 2.24) is 5.32 Å². The molecule has 0 aromatic heterocycles. The van der Waals surface area contributed by atoms with Crippen molar-refractivity contribution < 1.29 is 19.4 Å². The first kappa shape index (κ1) is 15.8. The number of halogens is 2. The number of rotatable bonds is 7. The Morgan fingerprint density at radius 1 is 1.38 bits per heavy atom. The summed E-state index contributed by atoms with van der Waals surface area (Å²) in [6.45, 7) is 0.770. The number of nitrogens with one attached hydrogen (secondary N) is 1. The fraction of sp³-hybridized carbons (Fsp3) is 0.357. The zero-order chi connectivity index (χ0) is 15.2. The number of fused-ring (bicyclic) bond motifs is 1. The molecule has 5 nitrogen and oxygen atoms in total. The largest absolute Gasteiger partial charge is 0.478 e. The van der Waals surface area contributed by atoms with Crippen molar-refractivity contribution in [3.05, 3.63) is 34.5 Å². The van der Waals surface area contributed by atoms with Gasteiger partial charge in [-0.25, -0.2) is 4.79 Å². The standard InChI is InChI=1S/C14H15Cl2NO4/c15-2-1-3-17-10(6-14(18)19)4-9-5-12-13(7-11(9)16)21-8-20-12/h5-7,17H,1-4,8H2,(H,18,19)/b10-6-. The number of benzene rings is 1. The van der Waals surface area contributed by atoms with E-state index in [1.54, 1.807) is 12.1 Å². The van der Waals surface area contributed by atoms with Gasteiger partial charge >= 0.3 is 5.97 Å². The third kappa shape index (κ3) is 4.44. The molecule has 21 heavy (non-hydrogen) atoms. The first-order valence-electron chi connectivity index (χ1n) is 6.41. The van der Waals surface area contributed by atoms with Crippen molar-refractivity contribution >= 4 is 29.2 Å². The highest BCUT2D eigenvalue weighted by atomic mass is 35.5. The maximum absolute atomic E-state index is 10.9. The molecule has 1 aromatic rings. The minimum atomic E-state index is -1.01. The van der Waals surface area contributed by atoms with Crippen LogP contribution in [0.15, 0.2) is 23.9 Å². The van der Waals surface area contributed by atoms with Crippen LogP contribution in [0.5, 0.6) is 11.5 Å². The van der Waals surface area contributed by atoms with Gasteiger partial charge in [0.25, 0.3) is 0 Å². The molecule has 114 valence electrons. The third-order valence-corrected chi connectivity index (χ3v) is 3.50. The molecule has 7 heteroatoms. The predicted octanol–water partition coefficient (Wildman–Crippen LogP) is 2.80. The highest BCUT2D eigenvalue weighted by molar-refractivity contribution is 6.31. The van der Waals surface area contributed by atoms with E-state index < -0.39 is 5.97 Å². The zero-order valence-electron chi connectivity index (χ0n) is 11.2. The summed E-state index contributed by atoms with van der Waals surface area (Å²) in [5, 5.41) is 12.5. The van der Waals surface area contributed by atoms with Crippen LogP contribution in [0, 0.1) is 0 Å². The average molecular weight is 332 g/mol. The lowest BCUT2D eigenvalue weighted by Crippen LogP contribution is -2.18. The van der Waals surface area contributed by atoms with Gasteiger partial charge in [-0.15, -0.1) is 11.6 Å². The Hall–Kier alpha value is -1.59. The van der Waals surface area contributed by atoms with E-state index in [-0.39, 0.29) is 6.79 Å². The van der Waals surface area contributed by atoms with Gasteiger partial charge in [-0.2, -0.15) is 0 Å². The van der Waals surface area contributed by atoms with Crippen molar-refractivity contribution in [3.63, 3.8) is 0 Å². The molecule has 1 aliphatic rings. The van der Waals surface area contributed by atoms with E-state index in [9.17, 15) is 4.79 Å². The second-order valence-corrected chi connectivity index (χ2v) is 5.24. The van der Waals surface area contributed by atoms with E-state index in [4.69, 9.17) is 37.8 Å². The molecule has 2 rings (SSSR count). The zero-order valence-corrected chi connectivity index (χ0v) is 12.7. The highest BCUT2D eigenvalue weighted by Gasteiger charge is 2.17. The molecule has 0 amide bonds. The Labute approximate surface area is 132 Å². The predicted molar refractivity (Wildman–Crippen MR) is 80.3 cm³/mol. The van der Waals surface area contributed by atoms with Crippen molar-refractivity contribution in [2.45, 2.75) is 12.8 Å². The Bertz CT molecular complexity index is 560. The molecule has 1 aliphatic heterocycles. The lowest BCUT2D eigenvalue weighted by Gasteiger charge is -2.12. The molecule has 0 spiro atoms. The van der Waals surface area contributed by atoms with Crippen molar-refractivity contribution in [2.75, 3.05) is 19.2 Å². The second-order valence-electron chi connectivity index (χ2n) is 4.45. The minimum Gasteiger partial charge on any atom is -0.478 e. The molecule has 0 saturated heterocycles. The van der Waals surface area contributed by atoms with Crippen LogP contribution in [-0.4, -0.2) is 30.3 Å². The van der Waals surface area contributed by atoms with Gasteiger partial charge in [-0.3, -0.25) is 0 Å². The molecular formula is C14H15Cl2NO4. The van der Waals surface area contributed by atoms with E-state index >= 15 is 0 Å². The summed E-state index contributed by atoms with van der Waals surface area (Å²) in [5.41, 5.74) is 1.33. The molecule has 0 fully saturated rings. The van der Waals surface area contributed by atoms with Gasteiger partial charge in [0, 0.05) is 41.7 Å². The monoisotopic (exact) mass is 331 g/mol. The first-order valence-corrected chi connectivity index (χ1v) is 7.32. The summed E-state index contributed by atoms with van der Waals surface area (Å²) < 4.78 is 10.5. The first-order chi connectivity index (χ1) is 10.1. The number of carboxylic acid groups (broad SMARTS) is 1. The van der Waals surface area contributed by atoms with E-state index in [1.807, 2.05) is 0 Å². The van der Waals surface area contributed by atoms with E-state index in [0.717, 1.165) is 18.1 Å². The van der Waals surface area contributed by atoms with Gasteiger partial charge in [-0.1, -0.05) is 11.6 Å². The molecule has 0 atom stereocenters. The molecule has 2 N–H and O–H groups in total. The normalized spacial score (nSPS) is 13.3. The summed E-state index contributed by atoms with van der Waals surface area (Å²) in [6.07, 6.45) is 2.24. The van der Waals surface area contributed by atoms with Crippen LogP contribution in [0.2, 0.25) is 5.02 Å². The maximum Gasteiger partial charge on any atom is 0.330 e. The summed E-state index contributed by atoms with van der Waals surface area (Å²) >= 11 is 11.8. The van der Waals surface area contributed by atoms with Gasteiger partial charge in [0.05, 0.1) is 0 Å². The third-order valence-electron chi connectivity index (χ3n) is 2.88. The van der Waals surface area contributed by atoms with Crippen LogP contribution in [-0.2, 0) is 11.2 Å². The van der Waals surface area contributed by atoms with E-state index in [1.165, 1.54) is 0 Å². The Kier molecular flexibility index (Phi) is 5.59. The van der Waals surface area contributed by atoms with E-state index in [0.29, 0.717) is 41.1 Å². The Morgan fingerprint density at radius 2 is 2.10 bits per heavy atom. The number of alkyl halides is 1. The summed E-state index contributed by atoms with van der Waals surface area (Å²) in [5.74, 6) is 0.714. The molecule has 0 aliphatic carbocycles. The summed E-state index contributed by atoms with van der Waals surface area (Å²) in [6, 6.07) is 3.44. The number of carbonyl (C=O) groups is 1. The number of aliphatic carboxylic acids is 1. The van der Waals surface area contributed by atoms with Crippen molar-refractivity contribution in [2.24, 2.45) is 0 Å². The fourth-order valence-electron chi connectivity index (χ4n) is 1.93. The van der Waals surface area contributed by atoms with Crippen molar-refractivity contribution in [3.8, 4) is 11.5 Å². The van der Waals surface area contributed by atoms with Crippen LogP contribution >= 0.6 is 23.2 Å². The van der Waals surface area contributed by atoms with Gasteiger partial charge < -0.3 is 19.9 Å². The smallest absolute Gasteiger partial charge is 0.330 e. The number of hydrogen-bond acceptors (Lipinski definition) is 4. The molecular weight excluding hydrogens is 317 g/mol. The topological polar surface area (TPSA) is 67.8 Å². The molecule has 0 saturated carbocycles. The van der Waals surface area contributed by atoms with Gasteiger partial charge in [0.1, 0.15) is 0 Å². The molecule has 1 aromatic carbocycles. The second kappa shape index (κ2) is 7.43. The van der Waals surface area contributed by atoms with Crippen LogP contribution in [0.25, 0.3) is 0 Å². The van der Waals surface area contributed by atoms with Crippen LogP contribution in [0.4, 0.5) is 0 Å². The van der Waals surface area contributed by atoms with Gasteiger partial charge in [-0.05, 0) is 18.1 Å². The Balaban J connectivity index is 2.14. The number of allylic oxidation sites excluding steroid dienone is 1. The summed E-state index contributed by atoms with van der Waals surface area (Å²) in [7, 11) is 0. The SMILES string of the molecule is O=C(O)/C=C(/Cc1cc2c(cc1Cl)OCO2)NCCCCl. The van der Waals surface area contributed by atoms with Crippen LogP contribution < -0.4 is 14.8 Å². The number of ether oxygens (including phenoxy) is 2. The van der Waals surface area contributed by atoms with Gasteiger partial charge in [0.2, 0.25) is 6.79 Å². The van der Waals surface area contributed by atoms with Crippen molar-refractivity contribution in [1.29, 1.82) is 0 Å². The molecule has 0 unspecified atom stereocenters.